The first-order chi connectivity index (χ1) is 11.4. The number of benzene rings is 1. The number of carbonyl (C=O) groups is 1. The van der Waals surface area contributed by atoms with E-state index in [-0.39, 0.29) is 29.4 Å². The Hall–Kier alpha value is -2.02. The van der Waals surface area contributed by atoms with Gasteiger partial charge in [-0.15, -0.1) is 0 Å². The van der Waals surface area contributed by atoms with Crippen LogP contribution in [0, 0.1) is 0 Å². The van der Waals surface area contributed by atoms with Crippen LogP contribution in [0.3, 0.4) is 0 Å². The number of esters is 1. The molecule has 2 rings (SSSR count). The molecule has 0 bridgehead atoms. The molecular formula is C17H20F2N2O2S. The van der Waals surface area contributed by atoms with Gasteiger partial charge in [-0.3, -0.25) is 4.79 Å². The molecule has 1 unspecified atom stereocenters. The summed E-state index contributed by atoms with van der Waals surface area (Å²) in [6, 6.07) is 6.94. The molecule has 0 aromatic heterocycles. The van der Waals surface area contributed by atoms with Crippen LogP contribution in [-0.4, -0.2) is 35.2 Å². The molecule has 1 aromatic carbocycles. The zero-order chi connectivity index (χ0) is 17.7. The van der Waals surface area contributed by atoms with Gasteiger partial charge in [0.05, 0.1) is 24.8 Å². The molecule has 0 spiro atoms. The van der Waals surface area contributed by atoms with Gasteiger partial charge in [0.2, 0.25) is 0 Å². The van der Waals surface area contributed by atoms with Crippen LogP contribution in [0.5, 0.6) is 0 Å². The average Bonchev–Trinajstić information content (AvgIpc) is 2.55. The molecule has 0 amide bonds. The molecule has 130 valence electrons. The number of hydrogen-bond acceptors (Lipinski definition) is 3. The normalized spacial score (nSPS) is 18.0. The second-order valence-electron chi connectivity index (χ2n) is 5.31. The van der Waals surface area contributed by atoms with Gasteiger partial charge in [0.25, 0.3) is 0 Å². The number of likely N-dealkylation sites (N-methyl/N-ethyl adjacent to an activating group) is 1. The molecule has 1 aromatic rings. The fourth-order valence-corrected chi connectivity index (χ4v) is 2.96. The van der Waals surface area contributed by atoms with E-state index in [1.807, 2.05) is 6.92 Å². The third-order valence-electron chi connectivity index (χ3n) is 3.76. The van der Waals surface area contributed by atoms with Crippen molar-refractivity contribution in [1.82, 2.24) is 10.2 Å². The van der Waals surface area contributed by atoms with Gasteiger partial charge in [-0.05, 0) is 32.1 Å². The predicted molar refractivity (Wildman–Crippen MR) is 91.6 cm³/mol. The smallest absolute Gasteiger partial charge is 0.312 e. The van der Waals surface area contributed by atoms with Crippen molar-refractivity contribution in [2.45, 2.75) is 32.2 Å². The number of carbonyl (C=O) groups excluding carboxylic acids is 1. The quantitative estimate of drug-likeness (QED) is 0.628. The number of halogens is 2. The van der Waals surface area contributed by atoms with Crippen LogP contribution in [0.15, 0.2) is 42.1 Å². The third kappa shape index (κ3) is 3.90. The van der Waals surface area contributed by atoms with E-state index >= 15 is 0 Å². The number of hydrogen-bond donors (Lipinski definition) is 1. The molecule has 1 aliphatic rings. The first-order valence-corrected chi connectivity index (χ1v) is 8.19. The molecule has 7 heteroatoms. The minimum Gasteiger partial charge on any atom is -0.466 e. The Kier molecular flexibility index (Phi) is 5.88. The van der Waals surface area contributed by atoms with Gasteiger partial charge < -0.3 is 15.0 Å². The van der Waals surface area contributed by atoms with Crippen LogP contribution in [0.25, 0.3) is 0 Å². The third-order valence-corrected chi connectivity index (χ3v) is 4.09. The Morgan fingerprint density at radius 2 is 2.00 bits per heavy atom. The Bertz CT molecular complexity index is 635. The SMILES string of the molecule is CCOC(=O)CC1C=C(C(F)(F)c2ccccc2)NC(=S)N1CC. The topological polar surface area (TPSA) is 41.6 Å². The highest BCUT2D eigenvalue weighted by Gasteiger charge is 2.41. The number of nitrogens with one attached hydrogen (secondary N) is 1. The molecular weight excluding hydrogens is 334 g/mol. The summed E-state index contributed by atoms with van der Waals surface area (Å²) in [6.45, 7) is 4.29. The first kappa shape index (κ1) is 18.3. The summed E-state index contributed by atoms with van der Waals surface area (Å²) in [5, 5.41) is 2.79. The highest BCUT2D eigenvalue weighted by molar-refractivity contribution is 7.80. The Morgan fingerprint density at radius 1 is 1.33 bits per heavy atom. The van der Waals surface area contributed by atoms with Gasteiger partial charge in [0.15, 0.2) is 5.11 Å². The van der Waals surface area contributed by atoms with Crippen molar-refractivity contribution in [3.8, 4) is 0 Å². The number of alkyl halides is 2. The molecule has 1 atom stereocenters. The van der Waals surface area contributed by atoms with Gasteiger partial charge in [-0.1, -0.05) is 30.3 Å². The number of thiocarbonyl (C=S) groups is 1. The van der Waals surface area contributed by atoms with Crippen LogP contribution < -0.4 is 5.32 Å². The Labute approximate surface area is 145 Å². The molecule has 24 heavy (non-hydrogen) atoms. The van der Waals surface area contributed by atoms with Gasteiger partial charge in [-0.25, -0.2) is 0 Å². The summed E-state index contributed by atoms with van der Waals surface area (Å²) in [4.78, 5) is 13.5. The van der Waals surface area contributed by atoms with Crippen LogP contribution in [0.2, 0.25) is 0 Å². The van der Waals surface area contributed by atoms with E-state index < -0.39 is 17.9 Å². The van der Waals surface area contributed by atoms with E-state index in [1.54, 1.807) is 30.0 Å². The molecule has 1 N–H and O–H groups in total. The first-order valence-electron chi connectivity index (χ1n) is 7.79. The summed E-state index contributed by atoms with van der Waals surface area (Å²) in [7, 11) is 0. The molecule has 1 heterocycles. The van der Waals surface area contributed by atoms with Crippen molar-refractivity contribution in [3.63, 3.8) is 0 Å². The number of nitrogens with zero attached hydrogens (tertiary/aromatic N) is 1. The molecule has 0 radical (unpaired) electrons. The van der Waals surface area contributed by atoms with Gasteiger partial charge in [0, 0.05) is 12.1 Å². The maximum Gasteiger partial charge on any atom is 0.312 e. The number of ether oxygens (including phenoxy) is 1. The standard InChI is InChI=1S/C17H20F2N2O2S/c1-3-21-13(11-15(22)23-4-2)10-14(20-16(21)24)17(18,19)12-8-6-5-7-9-12/h5-10,13H,3-4,11H2,1-2H3,(H,20,24). The van der Waals surface area contributed by atoms with E-state index in [4.69, 9.17) is 17.0 Å². The van der Waals surface area contributed by atoms with Gasteiger partial charge in [-0.2, -0.15) is 8.78 Å². The number of allylic oxidation sites excluding steroid dienone is 1. The minimum atomic E-state index is -3.22. The monoisotopic (exact) mass is 354 g/mol. The molecule has 0 saturated carbocycles. The minimum absolute atomic E-state index is 0.0299. The summed E-state index contributed by atoms with van der Waals surface area (Å²) < 4.78 is 34.5. The molecule has 0 aliphatic carbocycles. The highest BCUT2D eigenvalue weighted by Crippen LogP contribution is 2.36. The van der Waals surface area contributed by atoms with Gasteiger partial charge in [0.1, 0.15) is 0 Å². The molecule has 0 fully saturated rings. The maximum atomic E-state index is 14.8. The van der Waals surface area contributed by atoms with Crippen molar-refractivity contribution in [3.05, 3.63) is 47.7 Å². The predicted octanol–water partition coefficient (Wildman–Crippen LogP) is 3.19. The fourth-order valence-electron chi connectivity index (χ4n) is 2.59. The second kappa shape index (κ2) is 7.70. The second-order valence-corrected chi connectivity index (χ2v) is 5.70. The Balaban J connectivity index is 2.33. The van der Waals surface area contributed by atoms with Gasteiger partial charge >= 0.3 is 11.9 Å². The van der Waals surface area contributed by atoms with Crippen molar-refractivity contribution < 1.29 is 18.3 Å². The molecule has 0 saturated heterocycles. The van der Waals surface area contributed by atoms with Crippen molar-refractivity contribution >= 4 is 23.3 Å². The van der Waals surface area contributed by atoms with E-state index in [2.05, 4.69) is 5.32 Å². The zero-order valence-electron chi connectivity index (χ0n) is 13.6. The Morgan fingerprint density at radius 3 is 2.58 bits per heavy atom. The number of rotatable bonds is 6. The molecule has 1 aliphatic heterocycles. The highest BCUT2D eigenvalue weighted by atomic mass is 32.1. The van der Waals surface area contributed by atoms with Crippen LogP contribution in [0.4, 0.5) is 8.78 Å². The summed E-state index contributed by atoms with van der Waals surface area (Å²) in [5.41, 5.74) is -0.441. The average molecular weight is 354 g/mol. The largest absolute Gasteiger partial charge is 0.466 e. The summed E-state index contributed by atoms with van der Waals surface area (Å²) in [5.74, 6) is -3.66. The van der Waals surface area contributed by atoms with Crippen LogP contribution in [-0.2, 0) is 15.5 Å². The lowest BCUT2D eigenvalue weighted by molar-refractivity contribution is -0.143. The summed E-state index contributed by atoms with van der Waals surface area (Å²) in [6.07, 6.45) is 1.33. The van der Waals surface area contributed by atoms with Crippen molar-refractivity contribution in [1.29, 1.82) is 0 Å². The molecule has 4 nitrogen and oxygen atoms in total. The zero-order valence-corrected chi connectivity index (χ0v) is 14.4. The lowest BCUT2D eigenvalue weighted by atomic mass is 10.0. The van der Waals surface area contributed by atoms with E-state index in [0.717, 1.165) is 0 Å². The van der Waals surface area contributed by atoms with Crippen molar-refractivity contribution in [2.24, 2.45) is 0 Å². The van der Waals surface area contributed by atoms with E-state index in [1.165, 1.54) is 18.2 Å². The fraction of sp³-hybridized carbons (Fsp3) is 0.412. The van der Waals surface area contributed by atoms with Crippen LogP contribution >= 0.6 is 12.2 Å². The van der Waals surface area contributed by atoms with E-state index in [0.29, 0.717) is 6.54 Å². The lowest BCUT2D eigenvalue weighted by Crippen LogP contribution is -2.52. The van der Waals surface area contributed by atoms with E-state index in [9.17, 15) is 13.6 Å². The van der Waals surface area contributed by atoms with Crippen molar-refractivity contribution in [2.75, 3.05) is 13.2 Å². The maximum absolute atomic E-state index is 14.8. The summed E-state index contributed by atoms with van der Waals surface area (Å²) >= 11 is 5.21. The van der Waals surface area contributed by atoms with Crippen LogP contribution in [0.1, 0.15) is 25.8 Å². The lowest BCUT2D eigenvalue weighted by Gasteiger charge is -2.37.